The number of aromatic nitrogens is 2. The Labute approximate surface area is 395 Å². The van der Waals surface area contributed by atoms with Gasteiger partial charge in [0.2, 0.25) is 11.8 Å². The molecule has 322 valence electrons. The minimum Gasteiger partial charge on any atom is -0.436 e. The Bertz CT molecular complexity index is 3510. The third-order valence-corrected chi connectivity index (χ3v) is 12.5. The number of rotatable bonds is 11. The summed E-state index contributed by atoms with van der Waals surface area (Å²) in [5.74, 6) is 1.16. The Morgan fingerprint density at radius 3 is 1.31 bits per heavy atom. The highest BCUT2D eigenvalue weighted by Crippen LogP contribution is 2.40. The van der Waals surface area contributed by atoms with Crippen molar-refractivity contribution >= 4 is 61.9 Å². The molecule has 12 rings (SSSR count). The van der Waals surface area contributed by atoms with Crippen molar-refractivity contribution in [3.05, 3.63) is 248 Å². The van der Waals surface area contributed by atoms with E-state index in [0.29, 0.717) is 22.9 Å². The lowest BCUT2D eigenvalue weighted by atomic mass is 9.99. The van der Waals surface area contributed by atoms with Gasteiger partial charge in [-0.05, 0) is 174 Å². The third-order valence-electron chi connectivity index (χ3n) is 12.5. The van der Waals surface area contributed by atoms with Crippen molar-refractivity contribution in [2.75, 3.05) is 9.80 Å². The van der Waals surface area contributed by atoms with Gasteiger partial charge in [0, 0.05) is 45.3 Å². The van der Waals surface area contributed by atoms with Crippen LogP contribution in [0.1, 0.15) is 18.4 Å². The zero-order chi connectivity index (χ0) is 45.2. The summed E-state index contributed by atoms with van der Waals surface area (Å²) in [6.07, 6.45) is 8.95. The molecule has 2 aromatic heterocycles. The van der Waals surface area contributed by atoms with Crippen molar-refractivity contribution in [2.45, 2.75) is 12.8 Å². The summed E-state index contributed by atoms with van der Waals surface area (Å²) in [5.41, 5.74) is 18.1. The fraction of sp³-hybridized carbons (Fsp3) is 0.0323. The minimum absolute atomic E-state index is 0.556. The summed E-state index contributed by atoms with van der Waals surface area (Å²) in [6.45, 7) is 0. The zero-order valence-electron chi connectivity index (χ0n) is 37.0. The largest absolute Gasteiger partial charge is 0.436 e. The molecule has 0 amide bonds. The predicted octanol–water partition coefficient (Wildman–Crippen LogP) is 16.9. The molecule has 0 unspecified atom stereocenters. The molecule has 0 fully saturated rings. The van der Waals surface area contributed by atoms with Crippen molar-refractivity contribution in [2.24, 2.45) is 0 Å². The van der Waals surface area contributed by atoms with Crippen molar-refractivity contribution in [3.8, 4) is 45.2 Å². The molecule has 0 saturated heterocycles. The van der Waals surface area contributed by atoms with E-state index < -0.39 is 0 Å². The molecule has 0 atom stereocenters. The summed E-state index contributed by atoms with van der Waals surface area (Å²) in [6, 6.07) is 80.0. The van der Waals surface area contributed by atoms with E-state index in [0.717, 1.165) is 80.3 Å². The second-order valence-electron chi connectivity index (χ2n) is 16.8. The molecule has 6 heteroatoms. The summed E-state index contributed by atoms with van der Waals surface area (Å²) >= 11 is 0. The summed E-state index contributed by atoms with van der Waals surface area (Å²) in [4.78, 5) is 14.0. The number of oxazole rings is 2. The van der Waals surface area contributed by atoms with Crippen LogP contribution in [0.25, 0.3) is 72.9 Å². The fourth-order valence-corrected chi connectivity index (χ4v) is 8.95. The number of para-hydroxylation sites is 2. The van der Waals surface area contributed by atoms with Crippen LogP contribution in [0.15, 0.2) is 239 Å². The molecule has 68 heavy (non-hydrogen) atoms. The Balaban J connectivity index is 0.854. The van der Waals surface area contributed by atoms with E-state index in [1.807, 2.05) is 36.4 Å². The minimum atomic E-state index is 0.556. The second-order valence-corrected chi connectivity index (χ2v) is 16.8. The number of hydrogen-bond acceptors (Lipinski definition) is 6. The van der Waals surface area contributed by atoms with Gasteiger partial charge in [0.15, 0.2) is 16.7 Å². The molecule has 11 aromatic rings. The predicted molar refractivity (Wildman–Crippen MR) is 277 cm³/mol. The molecule has 0 aliphatic heterocycles. The highest BCUT2D eigenvalue weighted by molar-refractivity contribution is 5.85. The van der Waals surface area contributed by atoms with E-state index in [2.05, 4.69) is 215 Å². The van der Waals surface area contributed by atoms with Gasteiger partial charge in [-0.2, -0.15) is 4.98 Å². The van der Waals surface area contributed by atoms with Gasteiger partial charge >= 0.3 is 0 Å². The van der Waals surface area contributed by atoms with Crippen LogP contribution in [0, 0.1) is 12.1 Å². The highest BCUT2D eigenvalue weighted by Gasteiger charge is 2.18. The van der Waals surface area contributed by atoms with Crippen LogP contribution in [-0.4, -0.2) is 9.97 Å². The van der Waals surface area contributed by atoms with Gasteiger partial charge in [0.05, 0.1) is 0 Å². The number of anilines is 6. The van der Waals surface area contributed by atoms with Crippen LogP contribution in [0.2, 0.25) is 0 Å². The number of benzene rings is 8. The van der Waals surface area contributed by atoms with Crippen LogP contribution in [0.3, 0.4) is 0 Å². The number of allylic oxidation sites excluding steroid dienone is 4. The molecule has 6 nitrogen and oxygen atoms in total. The van der Waals surface area contributed by atoms with Gasteiger partial charge in [-0.3, -0.25) is 0 Å². The molecule has 0 saturated carbocycles. The maximum atomic E-state index is 6.11. The number of fused-ring (bicyclic) bond motifs is 2. The Morgan fingerprint density at radius 1 is 0.382 bits per heavy atom. The first-order chi connectivity index (χ1) is 33.7. The SMILES string of the molecule is c1ccc2oc(-c3ccc(N(c4ccc(C5=CCCC=C5)cc4)c4ccc(-c5ccc(N(c6ccc(-c7ccccc7)cc6)c6ccc(-c7nc8ccccc8o7)cc6)cc5)cc4)cc3)nc2c#1. The molecular weight excluding hydrogens is 833 g/mol. The monoisotopic (exact) mass is 874 g/mol. The van der Waals surface area contributed by atoms with Gasteiger partial charge in [-0.25, -0.2) is 4.98 Å². The number of hydrogen-bond donors (Lipinski definition) is 0. The van der Waals surface area contributed by atoms with Gasteiger partial charge in [-0.15, -0.1) is 0 Å². The maximum absolute atomic E-state index is 6.11. The Morgan fingerprint density at radius 2 is 0.824 bits per heavy atom. The standard InChI is InChI=1S/C62H42N4O2/c1-3-11-43(12-4-1)45-19-31-51(32-20-45)65(55-39-27-49(28-40-55)61-63-57-15-7-9-17-59(57)67-61)53-35-23-47(24-36-53)48-25-37-54(38-26-48)66(52-33-21-46(22-34-52)44-13-5-2-6-14-44)56-41-29-50(30-42-56)62-64-58-16-8-10-18-60(58)68-62/h1,3-5,7,9-15,17-42H,2,6H2. The molecule has 2 heterocycles. The molecule has 0 radical (unpaired) electrons. The lowest BCUT2D eigenvalue weighted by Crippen LogP contribution is -2.10. The second kappa shape index (κ2) is 17.7. The van der Waals surface area contributed by atoms with Crippen molar-refractivity contribution < 1.29 is 8.83 Å². The zero-order valence-corrected chi connectivity index (χ0v) is 37.0. The van der Waals surface area contributed by atoms with E-state index in [1.54, 1.807) is 6.07 Å². The topological polar surface area (TPSA) is 58.5 Å². The van der Waals surface area contributed by atoms with E-state index in [9.17, 15) is 0 Å². The normalized spacial score (nSPS) is 12.2. The summed E-state index contributed by atoms with van der Waals surface area (Å²) < 4.78 is 12.2. The van der Waals surface area contributed by atoms with Gasteiger partial charge in [0.25, 0.3) is 0 Å². The fourth-order valence-electron chi connectivity index (χ4n) is 8.95. The smallest absolute Gasteiger partial charge is 0.227 e. The van der Waals surface area contributed by atoms with E-state index in [-0.39, 0.29) is 0 Å². The average molecular weight is 875 g/mol. The van der Waals surface area contributed by atoms with E-state index in [4.69, 9.17) is 13.8 Å². The van der Waals surface area contributed by atoms with Crippen molar-refractivity contribution in [1.82, 2.24) is 9.97 Å². The first-order valence-corrected chi connectivity index (χ1v) is 22.9. The summed E-state index contributed by atoms with van der Waals surface area (Å²) in [5, 5.41) is 0. The van der Waals surface area contributed by atoms with E-state index >= 15 is 0 Å². The van der Waals surface area contributed by atoms with Gasteiger partial charge < -0.3 is 18.6 Å². The van der Waals surface area contributed by atoms with Crippen LogP contribution < -0.4 is 9.80 Å². The van der Waals surface area contributed by atoms with Crippen LogP contribution >= 0.6 is 0 Å². The summed E-state index contributed by atoms with van der Waals surface area (Å²) in [7, 11) is 0. The molecule has 1 aliphatic rings. The quantitative estimate of drug-likeness (QED) is 0.129. The maximum Gasteiger partial charge on any atom is 0.227 e. The number of nitrogens with zero attached hydrogens (tertiary/aromatic N) is 4. The Kier molecular flexibility index (Phi) is 10.5. The first kappa shape index (κ1) is 40.3. The van der Waals surface area contributed by atoms with Crippen molar-refractivity contribution in [1.29, 1.82) is 0 Å². The van der Waals surface area contributed by atoms with Crippen LogP contribution in [0.4, 0.5) is 34.1 Å². The molecule has 0 N–H and O–H groups in total. The molecule has 0 spiro atoms. The third kappa shape index (κ3) is 7.99. The highest BCUT2D eigenvalue weighted by atomic mass is 16.4. The first-order valence-electron chi connectivity index (χ1n) is 22.9. The molecule has 9 aromatic carbocycles. The molecule has 1 aliphatic carbocycles. The lowest BCUT2D eigenvalue weighted by molar-refractivity contribution is 0.619. The molecule has 0 bridgehead atoms. The van der Waals surface area contributed by atoms with Crippen LogP contribution in [-0.2, 0) is 0 Å². The van der Waals surface area contributed by atoms with Gasteiger partial charge in [-0.1, -0.05) is 115 Å². The Hall–Kier alpha value is -9.18. The van der Waals surface area contributed by atoms with Gasteiger partial charge in [0.1, 0.15) is 5.52 Å². The van der Waals surface area contributed by atoms with E-state index in [1.165, 1.54) is 22.3 Å². The van der Waals surface area contributed by atoms with Crippen LogP contribution in [0.5, 0.6) is 0 Å². The lowest BCUT2D eigenvalue weighted by Gasteiger charge is -2.26. The van der Waals surface area contributed by atoms with Crippen molar-refractivity contribution in [3.63, 3.8) is 0 Å². The molecular formula is C62H42N4O2. The average Bonchev–Trinajstić information content (AvgIpc) is 4.06.